The van der Waals surface area contributed by atoms with Crippen molar-refractivity contribution in [3.63, 3.8) is 0 Å². The number of halogens is 1. The summed E-state index contributed by atoms with van der Waals surface area (Å²) in [7, 11) is 1.54. The van der Waals surface area contributed by atoms with Gasteiger partial charge >= 0.3 is 0 Å². The van der Waals surface area contributed by atoms with E-state index in [2.05, 4.69) is 15.3 Å². The number of anilines is 1. The Kier molecular flexibility index (Phi) is 5.19. The lowest BCUT2D eigenvalue weighted by atomic mass is 10.1. The predicted octanol–water partition coefficient (Wildman–Crippen LogP) is 4.67. The highest BCUT2D eigenvalue weighted by atomic mass is 35.5. The van der Waals surface area contributed by atoms with Gasteiger partial charge in [-0.15, -0.1) is 0 Å². The van der Waals surface area contributed by atoms with Crippen LogP contribution in [0.1, 0.15) is 21.6 Å². The zero-order valence-electron chi connectivity index (χ0n) is 14.7. The third kappa shape index (κ3) is 3.83. The van der Waals surface area contributed by atoms with E-state index < -0.39 is 0 Å². The molecular formula is C20H18ClN3O2. The van der Waals surface area contributed by atoms with Crippen LogP contribution in [0.3, 0.4) is 0 Å². The number of carbonyl (C=O) groups excluding carboxylic acids is 1. The average Bonchev–Trinajstić information content (AvgIpc) is 2.60. The van der Waals surface area contributed by atoms with Crippen LogP contribution in [0.2, 0.25) is 5.02 Å². The molecule has 1 N–H and O–H groups in total. The van der Waals surface area contributed by atoms with Crippen LogP contribution in [0, 0.1) is 13.8 Å². The van der Waals surface area contributed by atoms with Crippen molar-refractivity contribution in [2.75, 3.05) is 12.4 Å². The molecule has 1 aromatic carbocycles. The number of benzene rings is 1. The largest absolute Gasteiger partial charge is 0.496 e. The van der Waals surface area contributed by atoms with Crippen molar-refractivity contribution in [2.45, 2.75) is 13.8 Å². The van der Waals surface area contributed by atoms with Crippen LogP contribution in [0.4, 0.5) is 5.82 Å². The summed E-state index contributed by atoms with van der Waals surface area (Å²) >= 11 is 6.22. The average molecular weight is 368 g/mol. The molecule has 1 amide bonds. The van der Waals surface area contributed by atoms with Gasteiger partial charge in [-0.05, 0) is 61.9 Å². The lowest BCUT2D eigenvalue weighted by molar-refractivity contribution is 0.102. The molecule has 2 heterocycles. The lowest BCUT2D eigenvalue weighted by Crippen LogP contribution is -2.13. The Labute approximate surface area is 157 Å². The normalized spacial score (nSPS) is 10.5. The Bertz CT molecular complexity index is 953. The minimum absolute atomic E-state index is 0.264. The van der Waals surface area contributed by atoms with Crippen LogP contribution in [0.5, 0.6) is 5.75 Å². The Morgan fingerprint density at radius 3 is 2.65 bits per heavy atom. The maximum atomic E-state index is 12.6. The van der Waals surface area contributed by atoms with E-state index in [9.17, 15) is 4.79 Å². The summed E-state index contributed by atoms with van der Waals surface area (Å²) in [5.74, 6) is 0.773. The topological polar surface area (TPSA) is 64.1 Å². The monoisotopic (exact) mass is 367 g/mol. The summed E-state index contributed by atoms with van der Waals surface area (Å²) in [6.07, 6.45) is 1.66. The quantitative estimate of drug-likeness (QED) is 0.727. The number of hydrogen-bond donors (Lipinski definition) is 1. The van der Waals surface area contributed by atoms with Gasteiger partial charge in [0.15, 0.2) is 0 Å². The van der Waals surface area contributed by atoms with Gasteiger partial charge in [-0.1, -0.05) is 11.6 Å². The molecule has 0 fully saturated rings. The smallest absolute Gasteiger partial charge is 0.256 e. The molecule has 0 aliphatic heterocycles. The first-order chi connectivity index (χ1) is 12.5. The highest BCUT2D eigenvalue weighted by Gasteiger charge is 2.15. The van der Waals surface area contributed by atoms with Gasteiger partial charge in [0.05, 0.1) is 17.8 Å². The summed E-state index contributed by atoms with van der Waals surface area (Å²) in [6.45, 7) is 3.84. The van der Waals surface area contributed by atoms with E-state index in [0.717, 1.165) is 16.8 Å². The number of amides is 1. The number of aryl methyl sites for hydroxylation is 2. The van der Waals surface area contributed by atoms with Crippen molar-refractivity contribution < 1.29 is 9.53 Å². The van der Waals surface area contributed by atoms with Gasteiger partial charge in [0.1, 0.15) is 11.6 Å². The van der Waals surface area contributed by atoms with E-state index >= 15 is 0 Å². The van der Waals surface area contributed by atoms with Crippen molar-refractivity contribution in [2.24, 2.45) is 0 Å². The maximum Gasteiger partial charge on any atom is 0.256 e. The highest BCUT2D eigenvalue weighted by molar-refractivity contribution is 6.33. The lowest BCUT2D eigenvalue weighted by Gasteiger charge is -2.12. The zero-order valence-corrected chi connectivity index (χ0v) is 15.5. The molecule has 0 atom stereocenters. The van der Waals surface area contributed by atoms with Gasteiger partial charge in [-0.3, -0.25) is 9.78 Å². The van der Waals surface area contributed by atoms with Crippen molar-refractivity contribution in [1.82, 2.24) is 9.97 Å². The number of rotatable bonds is 4. The second kappa shape index (κ2) is 7.54. The van der Waals surface area contributed by atoms with Crippen molar-refractivity contribution in [3.8, 4) is 17.0 Å². The minimum atomic E-state index is -0.264. The molecule has 3 rings (SSSR count). The molecule has 2 aromatic heterocycles. The Hall–Kier alpha value is -2.92. The molecular weight excluding hydrogens is 350 g/mol. The van der Waals surface area contributed by atoms with Gasteiger partial charge < -0.3 is 10.1 Å². The molecule has 0 saturated heterocycles. The van der Waals surface area contributed by atoms with Crippen LogP contribution >= 0.6 is 11.6 Å². The van der Waals surface area contributed by atoms with Crippen LogP contribution in [-0.4, -0.2) is 23.0 Å². The van der Waals surface area contributed by atoms with Gasteiger partial charge in [0.25, 0.3) is 5.91 Å². The summed E-state index contributed by atoms with van der Waals surface area (Å²) < 4.78 is 5.44. The zero-order chi connectivity index (χ0) is 18.7. The maximum absolute atomic E-state index is 12.6. The molecule has 0 bridgehead atoms. The minimum Gasteiger partial charge on any atom is -0.496 e. The third-order valence-electron chi connectivity index (χ3n) is 3.82. The van der Waals surface area contributed by atoms with E-state index in [-0.39, 0.29) is 5.91 Å². The van der Waals surface area contributed by atoms with E-state index in [4.69, 9.17) is 16.3 Å². The molecule has 6 heteroatoms. The second-order valence-corrected chi connectivity index (χ2v) is 6.28. The number of methoxy groups -OCH3 is 1. The van der Waals surface area contributed by atoms with Crippen LogP contribution in [0.15, 0.2) is 48.7 Å². The van der Waals surface area contributed by atoms with Crippen LogP contribution in [-0.2, 0) is 0 Å². The number of aromatic nitrogens is 2. The van der Waals surface area contributed by atoms with Crippen molar-refractivity contribution in [3.05, 3.63) is 70.5 Å². The standard InChI is InChI=1S/C20H18ClN3O2/c1-12-9-13(2)23-18(10-12)24-20(25)14-6-7-15(17(11-14)26-3)19-16(21)5-4-8-22-19/h4-11H,1-3H3,(H,23,24,25). The van der Waals surface area contributed by atoms with Crippen LogP contribution < -0.4 is 10.1 Å². The molecule has 0 saturated carbocycles. The fraction of sp³-hybridized carbons (Fsp3) is 0.150. The van der Waals surface area contributed by atoms with E-state index in [1.54, 1.807) is 43.6 Å². The Morgan fingerprint density at radius 2 is 1.96 bits per heavy atom. The molecule has 3 aromatic rings. The van der Waals surface area contributed by atoms with Crippen molar-refractivity contribution in [1.29, 1.82) is 0 Å². The summed E-state index contributed by atoms with van der Waals surface area (Å²) in [5.41, 5.74) is 3.66. The molecule has 0 spiro atoms. The van der Waals surface area contributed by atoms with E-state index in [1.807, 2.05) is 26.0 Å². The summed E-state index contributed by atoms with van der Waals surface area (Å²) in [4.78, 5) is 21.2. The molecule has 0 aliphatic rings. The summed E-state index contributed by atoms with van der Waals surface area (Å²) in [6, 6.07) is 12.4. The Balaban J connectivity index is 1.91. The van der Waals surface area contributed by atoms with Gasteiger partial charge in [-0.25, -0.2) is 4.98 Å². The van der Waals surface area contributed by atoms with Gasteiger partial charge in [0.2, 0.25) is 0 Å². The SMILES string of the molecule is COc1cc(C(=O)Nc2cc(C)cc(C)n2)ccc1-c1ncccc1Cl. The van der Waals surface area contributed by atoms with Crippen LogP contribution in [0.25, 0.3) is 11.3 Å². The number of carbonyl (C=O) groups is 1. The number of hydrogen-bond acceptors (Lipinski definition) is 4. The second-order valence-electron chi connectivity index (χ2n) is 5.87. The van der Waals surface area contributed by atoms with E-state index in [1.165, 1.54) is 0 Å². The molecule has 26 heavy (non-hydrogen) atoms. The first kappa shape index (κ1) is 17.9. The van der Waals surface area contributed by atoms with E-state index in [0.29, 0.717) is 27.8 Å². The first-order valence-electron chi connectivity index (χ1n) is 8.03. The number of ether oxygens (including phenoxy) is 1. The molecule has 5 nitrogen and oxygen atoms in total. The van der Waals surface area contributed by atoms with Gasteiger partial charge in [0, 0.05) is 23.0 Å². The van der Waals surface area contributed by atoms with Gasteiger partial charge in [-0.2, -0.15) is 0 Å². The third-order valence-corrected chi connectivity index (χ3v) is 4.12. The van der Waals surface area contributed by atoms with Crippen molar-refractivity contribution >= 4 is 23.3 Å². The Morgan fingerprint density at radius 1 is 1.15 bits per heavy atom. The highest BCUT2D eigenvalue weighted by Crippen LogP contribution is 2.33. The molecule has 0 aliphatic carbocycles. The number of nitrogens with one attached hydrogen (secondary N) is 1. The number of nitrogens with zero attached hydrogens (tertiary/aromatic N) is 2. The first-order valence-corrected chi connectivity index (χ1v) is 8.41. The predicted molar refractivity (Wildman–Crippen MR) is 103 cm³/mol. The summed E-state index contributed by atoms with van der Waals surface area (Å²) in [5, 5.41) is 3.33. The molecule has 0 unspecified atom stereocenters. The fourth-order valence-corrected chi connectivity index (χ4v) is 2.93. The molecule has 0 radical (unpaired) electrons. The number of pyridine rings is 2. The fourth-order valence-electron chi connectivity index (χ4n) is 2.71. The molecule has 132 valence electrons.